The number of carbonyl (C=O) groups is 1. The van der Waals surface area contributed by atoms with Crippen LogP contribution in [0.5, 0.6) is 0 Å². The molecule has 1 aliphatic carbocycles. The molecule has 6 nitrogen and oxygen atoms in total. The quantitative estimate of drug-likeness (QED) is 0.643. The molecule has 1 aromatic rings. The molecule has 0 heterocycles. The summed E-state index contributed by atoms with van der Waals surface area (Å²) >= 11 is 0. The Bertz CT molecular complexity index is 524. The van der Waals surface area contributed by atoms with Crippen molar-refractivity contribution in [3.8, 4) is 0 Å². The van der Waals surface area contributed by atoms with Crippen LogP contribution in [0.3, 0.4) is 0 Å². The zero-order chi connectivity index (χ0) is 15.3. The summed E-state index contributed by atoms with van der Waals surface area (Å²) in [5.74, 6) is -0.336. The van der Waals surface area contributed by atoms with E-state index in [2.05, 4.69) is 5.32 Å². The van der Waals surface area contributed by atoms with Crippen LogP contribution in [0.2, 0.25) is 0 Å². The van der Waals surface area contributed by atoms with E-state index in [0.29, 0.717) is 6.54 Å². The van der Waals surface area contributed by atoms with Crippen LogP contribution in [0.4, 0.5) is 5.69 Å². The lowest BCUT2D eigenvalue weighted by molar-refractivity contribution is -0.384. The molecule has 2 rings (SSSR count). The van der Waals surface area contributed by atoms with Crippen LogP contribution in [0.1, 0.15) is 42.5 Å². The second-order valence-electron chi connectivity index (χ2n) is 5.71. The van der Waals surface area contributed by atoms with Gasteiger partial charge in [-0.2, -0.15) is 0 Å². The minimum absolute atomic E-state index is 0.0578. The number of hydrogen-bond donors (Lipinski definition) is 2. The maximum Gasteiger partial charge on any atom is 0.270 e. The molecule has 0 saturated heterocycles. The van der Waals surface area contributed by atoms with E-state index < -0.39 is 4.92 Å². The summed E-state index contributed by atoms with van der Waals surface area (Å²) in [7, 11) is 0. The third kappa shape index (κ3) is 3.78. The highest BCUT2D eigenvalue weighted by molar-refractivity contribution is 5.94. The highest BCUT2D eigenvalue weighted by Gasteiger charge is 2.31. The molecule has 21 heavy (non-hydrogen) atoms. The smallest absolute Gasteiger partial charge is 0.270 e. The number of amides is 1. The molecule has 0 aliphatic heterocycles. The number of nitrogens with one attached hydrogen (secondary N) is 1. The molecule has 1 amide bonds. The topological polar surface area (TPSA) is 92.5 Å². The highest BCUT2D eigenvalue weighted by Crippen LogP contribution is 2.35. The second kappa shape index (κ2) is 6.67. The van der Waals surface area contributed by atoms with E-state index in [-0.39, 0.29) is 29.2 Å². The molecule has 1 aromatic carbocycles. The van der Waals surface area contributed by atoms with Crippen LogP contribution in [-0.2, 0) is 0 Å². The molecule has 0 aromatic heterocycles. The average molecular weight is 292 g/mol. The van der Waals surface area contributed by atoms with E-state index in [0.717, 1.165) is 25.7 Å². The normalized spacial score (nSPS) is 17.2. The van der Waals surface area contributed by atoms with E-state index in [1.807, 2.05) is 0 Å². The van der Waals surface area contributed by atoms with Gasteiger partial charge in [-0.15, -0.1) is 0 Å². The first kappa shape index (κ1) is 15.4. The molecule has 0 unspecified atom stereocenters. The highest BCUT2D eigenvalue weighted by atomic mass is 16.6. The third-order valence-electron chi connectivity index (χ3n) is 4.19. The fourth-order valence-corrected chi connectivity index (χ4v) is 2.82. The van der Waals surface area contributed by atoms with Crippen molar-refractivity contribution in [1.82, 2.24) is 5.32 Å². The largest absolute Gasteiger partial charge is 0.396 e. The Kier molecular flexibility index (Phi) is 4.90. The lowest BCUT2D eigenvalue weighted by Gasteiger charge is -2.35. The molecule has 6 heteroatoms. The Balaban J connectivity index is 2.01. The maximum atomic E-state index is 12.1. The number of aliphatic hydroxyl groups is 1. The van der Waals surface area contributed by atoms with Crippen molar-refractivity contribution < 1.29 is 14.8 Å². The van der Waals surface area contributed by atoms with Crippen LogP contribution < -0.4 is 5.32 Å². The van der Waals surface area contributed by atoms with Gasteiger partial charge in [0.1, 0.15) is 0 Å². The molecular formula is C15H20N2O4. The molecule has 1 saturated carbocycles. The molecule has 0 atom stereocenters. The molecule has 0 radical (unpaired) electrons. The Morgan fingerprint density at radius 3 is 2.67 bits per heavy atom. The van der Waals surface area contributed by atoms with Crippen molar-refractivity contribution in [1.29, 1.82) is 0 Å². The van der Waals surface area contributed by atoms with Gasteiger partial charge in [-0.05, 0) is 18.9 Å². The first-order chi connectivity index (χ1) is 10.1. The molecular weight excluding hydrogens is 272 g/mol. The number of nitrogens with zero attached hydrogens (tertiary/aromatic N) is 1. The van der Waals surface area contributed by atoms with Gasteiger partial charge in [-0.25, -0.2) is 0 Å². The van der Waals surface area contributed by atoms with Crippen LogP contribution in [0.15, 0.2) is 24.3 Å². The van der Waals surface area contributed by atoms with Gasteiger partial charge in [-0.3, -0.25) is 14.9 Å². The zero-order valence-electron chi connectivity index (χ0n) is 11.9. The van der Waals surface area contributed by atoms with Gasteiger partial charge in [0.25, 0.3) is 11.6 Å². The summed E-state index contributed by atoms with van der Waals surface area (Å²) in [6.07, 6.45) is 5.10. The minimum atomic E-state index is -0.521. The van der Waals surface area contributed by atoms with Gasteiger partial charge in [-0.1, -0.05) is 25.3 Å². The first-order valence-corrected chi connectivity index (χ1v) is 7.20. The van der Waals surface area contributed by atoms with E-state index in [4.69, 9.17) is 0 Å². The fourth-order valence-electron chi connectivity index (χ4n) is 2.82. The predicted molar refractivity (Wildman–Crippen MR) is 78.0 cm³/mol. The first-order valence-electron chi connectivity index (χ1n) is 7.20. The van der Waals surface area contributed by atoms with Gasteiger partial charge in [0.15, 0.2) is 0 Å². The molecule has 114 valence electrons. The molecule has 2 N–H and O–H groups in total. The second-order valence-corrected chi connectivity index (χ2v) is 5.71. The predicted octanol–water partition coefficient (Wildman–Crippen LogP) is 2.27. The number of aliphatic hydroxyl groups excluding tert-OH is 1. The zero-order valence-corrected chi connectivity index (χ0v) is 11.9. The monoisotopic (exact) mass is 292 g/mol. The maximum absolute atomic E-state index is 12.1. The fraction of sp³-hybridized carbons (Fsp3) is 0.533. The Labute approximate surface area is 123 Å². The van der Waals surface area contributed by atoms with Gasteiger partial charge in [0.2, 0.25) is 0 Å². The van der Waals surface area contributed by atoms with Gasteiger partial charge < -0.3 is 10.4 Å². The van der Waals surface area contributed by atoms with Crippen molar-refractivity contribution in [2.75, 3.05) is 13.2 Å². The molecule has 1 fully saturated rings. The average Bonchev–Trinajstić information content (AvgIpc) is 2.53. The van der Waals surface area contributed by atoms with E-state index in [1.54, 1.807) is 6.07 Å². The lowest BCUT2D eigenvalue weighted by Crippen LogP contribution is -2.41. The van der Waals surface area contributed by atoms with Gasteiger partial charge >= 0.3 is 0 Å². The number of benzene rings is 1. The summed E-state index contributed by atoms with van der Waals surface area (Å²) in [4.78, 5) is 22.3. The Morgan fingerprint density at radius 1 is 1.33 bits per heavy atom. The number of nitro groups is 1. The van der Waals surface area contributed by atoms with Crippen LogP contribution in [0.25, 0.3) is 0 Å². The standard InChI is InChI=1S/C15H20N2O4/c18-11-15(7-2-1-3-8-15)10-16-14(19)12-5-4-6-13(9-12)17(20)21/h4-6,9,18H,1-3,7-8,10-11H2,(H,16,19). The molecule has 0 bridgehead atoms. The number of hydrogen-bond acceptors (Lipinski definition) is 4. The SMILES string of the molecule is O=C(NCC1(CO)CCCCC1)c1cccc([N+](=O)[O-])c1. The third-order valence-corrected chi connectivity index (χ3v) is 4.19. The summed E-state index contributed by atoms with van der Waals surface area (Å²) in [5, 5.41) is 23.1. The van der Waals surface area contributed by atoms with Crippen LogP contribution in [0, 0.1) is 15.5 Å². The summed E-state index contributed by atoms with van der Waals surface area (Å²) in [6.45, 7) is 0.466. The minimum Gasteiger partial charge on any atom is -0.396 e. The Morgan fingerprint density at radius 2 is 2.05 bits per heavy atom. The summed E-state index contributed by atoms with van der Waals surface area (Å²) < 4.78 is 0. The number of carbonyl (C=O) groups excluding carboxylic acids is 1. The van der Waals surface area contributed by atoms with Crippen molar-refractivity contribution in [2.24, 2.45) is 5.41 Å². The van der Waals surface area contributed by atoms with Crippen LogP contribution >= 0.6 is 0 Å². The van der Waals surface area contributed by atoms with E-state index in [1.165, 1.54) is 24.6 Å². The number of non-ortho nitro benzene ring substituents is 1. The Hall–Kier alpha value is -1.95. The van der Waals surface area contributed by atoms with Crippen molar-refractivity contribution in [3.05, 3.63) is 39.9 Å². The summed E-state index contributed by atoms with van der Waals surface area (Å²) in [6, 6.07) is 5.67. The van der Waals surface area contributed by atoms with Gasteiger partial charge in [0.05, 0.1) is 11.5 Å². The molecule has 0 spiro atoms. The van der Waals surface area contributed by atoms with E-state index >= 15 is 0 Å². The van der Waals surface area contributed by atoms with Crippen molar-refractivity contribution in [3.63, 3.8) is 0 Å². The van der Waals surface area contributed by atoms with Crippen LogP contribution in [-0.4, -0.2) is 29.1 Å². The molecule has 1 aliphatic rings. The van der Waals surface area contributed by atoms with Crippen molar-refractivity contribution >= 4 is 11.6 Å². The number of rotatable bonds is 5. The number of nitro benzene ring substituents is 1. The van der Waals surface area contributed by atoms with Crippen molar-refractivity contribution in [2.45, 2.75) is 32.1 Å². The lowest BCUT2D eigenvalue weighted by atomic mass is 9.74. The summed E-state index contributed by atoms with van der Waals surface area (Å²) in [5.41, 5.74) is -0.0699. The van der Waals surface area contributed by atoms with Gasteiger partial charge in [0, 0.05) is 29.7 Å². The van der Waals surface area contributed by atoms with E-state index in [9.17, 15) is 20.0 Å².